The van der Waals surface area contributed by atoms with Crippen molar-refractivity contribution in [2.75, 3.05) is 0 Å². The van der Waals surface area contributed by atoms with E-state index in [0.717, 1.165) is 15.8 Å². The Morgan fingerprint density at radius 2 is 2.24 bits per heavy atom. The maximum atomic E-state index is 11.1. The SMILES string of the molecule is CC(C)SCc1cc2cccc(C(=O)O)c2s1. The van der Waals surface area contributed by atoms with Gasteiger partial charge in [0.25, 0.3) is 0 Å². The molecule has 0 spiro atoms. The van der Waals surface area contributed by atoms with E-state index < -0.39 is 5.97 Å². The number of thioether (sulfide) groups is 1. The number of carbonyl (C=O) groups is 1. The van der Waals surface area contributed by atoms with E-state index in [4.69, 9.17) is 5.11 Å². The largest absolute Gasteiger partial charge is 0.478 e. The highest BCUT2D eigenvalue weighted by Gasteiger charge is 2.11. The predicted molar refractivity (Wildman–Crippen MR) is 75.2 cm³/mol. The van der Waals surface area contributed by atoms with E-state index >= 15 is 0 Å². The van der Waals surface area contributed by atoms with Gasteiger partial charge in [-0.2, -0.15) is 11.8 Å². The van der Waals surface area contributed by atoms with Crippen molar-refractivity contribution in [3.63, 3.8) is 0 Å². The zero-order valence-corrected chi connectivity index (χ0v) is 11.4. The Morgan fingerprint density at radius 3 is 2.88 bits per heavy atom. The molecule has 0 aliphatic rings. The van der Waals surface area contributed by atoms with E-state index in [9.17, 15) is 4.79 Å². The number of fused-ring (bicyclic) bond motifs is 1. The summed E-state index contributed by atoms with van der Waals surface area (Å²) in [7, 11) is 0. The second-order valence-electron chi connectivity index (χ2n) is 4.10. The summed E-state index contributed by atoms with van der Waals surface area (Å²) in [6.07, 6.45) is 0. The van der Waals surface area contributed by atoms with Gasteiger partial charge in [0.1, 0.15) is 0 Å². The lowest BCUT2D eigenvalue weighted by Gasteiger charge is -2.01. The first-order valence-corrected chi connectivity index (χ1v) is 7.31. The third-order valence-electron chi connectivity index (χ3n) is 2.38. The lowest BCUT2D eigenvalue weighted by Crippen LogP contribution is -1.94. The fraction of sp³-hybridized carbons (Fsp3) is 0.308. The van der Waals surface area contributed by atoms with E-state index in [1.54, 1.807) is 23.5 Å². The minimum atomic E-state index is -0.847. The van der Waals surface area contributed by atoms with Gasteiger partial charge < -0.3 is 5.11 Å². The normalized spacial score (nSPS) is 11.2. The summed E-state index contributed by atoms with van der Waals surface area (Å²) in [6.45, 7) is 4.33. The first-order valence-electron chi connectivity index (χ1n) is 5.44. The van der Waals surface area contributed by atoms with Crippen molar-refractivity contribution >= 4 is 39.2 Å². The van der Waals surface area contributed by atoms with E-state index in [0.29, 0.717) is 10.8 Å². The van der Waals surface area contributed by atoms with E-state index in [1.807, 2.05) is 17.8 Å². The molecule has 0 aliphatic carbocycles. The number of carboxylic acid groups (broad SMARTS) is 1. The van der Waals surface area contributed by atoms with Gasteiger partial charge in [0.2, 0.25) is 0 Å². The summed E-state index contributed by atoms with van der Waals surface area (Å²) in [4.78, 5) is 12.3. The van der Waals surface area contributed by atoms with E-state index in [2.05, 4.69) is 19.9 Å². The van der Waals surface area contributed by atoms with Crippen molar-refractivity contribution in [1.29, 1.82) is 0 Å². The minimum absolute atomic E-state index is 0.410. The van der Waals surface area contributed by atoms with Crippen LogP contribution in [0.5, 0.6) is 0 Å². The van der Waals surface area contributed by atoms with Crippen LogP contribution in [-0.2, 0) is 5.75 Å². The number of thiophene rings is 1. The molecule has 2 aromatic rings. The molecule has 0 saturated carbocycles. The quantitative estimate of drug-likeness (QED) is 0.899. The summed E-state index contributed by atoms with van der Waals surface area (Å²) in [5, 5.41) is 10.7. The van der Waals surface area contributed by atoms with E-state index in [-0.39, 0.29) is 0 Å². The van der Waals surface area contributed by atoms with Gasteiger partial charge in [0.15, 0.2) is 0 Å². The highest BCUT2D eigenvalue weighted by Crippen LogP contribution is 2.31. The summed E-state index contributed by atoms with van der Waals surface area (Å²) in [5.74, 6) is 0.108. The number of rotatable bonds is 4. The van der Waals surface area contributed by atoms with Crippen LogP contribution < -0.4 is 0 Å². The summed E-state index contributed by atoms with van der Waals surface area (Å²) >= 11 is 3.47. The van der Waals surface area contributed by atoms with Crippen molar-refractivity contribution in [2.45, 2.75) is 24.9 Å². The maximum Gasteiger partial charge on any atom is 0.337 e. The third-order valence-corrected chi connectivity index (χ3v) is 4.90. The van der Waals surface area contributed by atoms with Gasteiger partial charge in [-0.05, 0) is 22.8 Å². The van der Waals surface area contributed by atoms with Gasteiger partial charge in [0, 0.05) is 15.3 Å². The van der Waals surface area contributed by atoms with Crippen molar-refractivity contribution in [3.05, 3.63) is 34.7 Å². The minimum Gasteiger partial charge on any atom is -0.478 e. The molecule has 2 rings (SSSR count). The van der Waals surface area contributed by atoms with Crippen molar-refractivity contribution in [3.8, 4) is 0 Å². The lowest BCUT2D eigenvalue weighted by atomic mass is 10.1. The maximum absolute atomic E-state index is 11.1. The Morgan fingerprint density at radius 1 is 1.47 bits per heavy atom. The highest BCUT2D eigenvalue weighted by atomic mass is 32.2. The van der Waals surface area contributed by atoms with Crippen LogP contribution in [0, 0.1) is 0 Å². The summed E-state index contributed by atoms with van der Waals surface area (Å²) < 4.78 is 0.888. The molecule has 0 saturated heterocycles. The topological polar surface area (TPSA) is 37.3 Å². The molecule has 90 valence electrons. The van der Waals surface area contributed by atoms with Crippen LogP contribution in [0.1, 0.15) is 29.1 Å². The monoisotopic (exact) mass is 266 g/mol. The van der Waals surface area contributed by atoms with Gasteiger partial charge in [-0.3, -0.25) is 0 Å². The first kappa shape index (κ1) is 12.5. The molecule has 0 fully saturated rings. The van der Waals surface area contributed by atoms with Crippen LogP contribution in [0.2, 0.25) is 0 Å². The molecule has 1 N–H and O–H groups in total. The van der Waals surface area contributed by atoms with Crippen LogP contribution in [0.15, 0.2) is 24.3 Å². The number of aromatic carboxylic acids is 1. The van der Waals surface area contributed by atoms with Crippen LogP contribution in [-0.4, -0.2) is 16.3 Å². The zero-order valence-electron chi connectivity index (χ0n) is 9.77. The Labute approximate surface area is 109 Å². The van der Waals surface area contributed by atoms with Crippen LogP contribution >= 0.6 is 23.1 Å². The van der Waals surface area contributed by atoms with Gasteiger partial charge in [-0.25, -0.2) is 4.79 Å². The highest BCUT2D eigenvalue weighted by molar-refractivity contribution is 7.99. The summed E-state index contributed by atoms with van der Waals surface area (Å²) in [6, 6.07) is 7.54. The second kappa shape index (κ2) is 5.10. The number of carboxylic acids is 1. The Hall–Kier alpha value is -1.00. The molecule has 1 aromatic carbocycles. The summed E-state index contributed by atoms with van der Waals surface area (Å²) in [5.41, 5.74) is 0.410. The van der Waals surface area contributed by atoms with Gasteiger partial charge >= 0.3 is 5.97 Å². The molecule has 0 radical (unpaired) electrons. The molecule has 1 aromatic heterocycles. The molecule has 0 bridgehead atoms. The predicted octanol–water partition coefficient (Wildman–Crippen LogP) is 4.24. The van der Waals surface area contributed by atoms with Gasteiger partial charge in [-0.15, -0.1) is 11.3 Å². The molecule has 0 unspecified atom stereocenters. The molecule has 0 atom stereocenters. The third kappa shape index (κ3) is 2.82. The zero-order chi connectivity index (χ0) is 12.4. The average Bonchev–Trinajstić information content (AvgIpc) is 2.68. The molecule has 4 heteroatoms. The first-order chi connectivity index (χ1) is 8.08. The average molecular weight is 266 g/mol. The van der Waals surface area contributed by atoms with Crippen molar-refractivity contribution in [1.82, 2.24) is 0 Å². The number of hydrogen-bond donors (Lipinski definition) is 1. The Bertz CT molecular complexity index is 543. The molecular formula is C13H14O2S2. The Balaban J connectivity index is 2.36. The number of hydrogen-bond acceptors (Lipinski definition) is 3. The van der Waals surface area contributed by atoms with Crippen LogP contribution in [0.3, 0.4) is 0 Å². The fourth-order valence-corrected chi connectivity index (χ4v) is 3.58. The van der Waals surface area contributed by atoms with Gasteiger partial charge in [-0.1, -0.05) is 26.0 Å². The molecule has 0 aliphatic heterocycles. The lowest BCUT2D eigenvalue weighted by molar-refractivity contribution is 0.0699. The molecule has 0 amide bonds. The number of benzene rings is 1. The van der Waals surface area contributed by atoms with E-state index in [1.165, 1.54) is 4.88 Å². The Kier molecular flexibility index (Phi) is 3.74. The van der Waals surface area contributed by atoms with Gasteiger partial charge in [0.05, 0.1) is 5.56 Å². The molecule has 1 heterocycles. The second-order valence-corrected chi connectivity index (χ2v) is 6.80. The molecule has 2 nitrogen and oxygen atoms in total. The van der Waals surface area contributed by atoms with Crippen LogP contribution in [0.4, 0.5) is 0 Å². The molecular weight excluding hydrogens is 252 g/mol. The standard InChI is InChI=1S/C13H14O2S2/c1-8(2)16-7-10-6-9-4-3-5-11(13(14)15)12(9)17-10/h3-6,8H,7H2,1-2H3,(H,14,15). The van der Waals surface area contributed by atoms with Crippen molar-refractivity contribution < 1.29 is 9.90 Å². The molecule has 17 heavy (non-hydrogen) atoms. The van der Waals surface area contributed by atoms with Crippen molar-refractivity contribution in [2.24, 2.45) is 0 Å². The smallest absolute Gasteiger partial charge is 0.337 e. The fourth-order valence-electron chi connectivity index (χ4n) is 1.60. The van der Waals surface area contributed by atoms with Crippen LogP contribution in [0.25, 0.3) is 10.1 Å².